The van der Waals surface area contributed by atoms with Crippen molar-refractivity contribution in [1.29, 1.82) is 0 Å². The Hall–Kier alpha value is -1.12. The predicted octanol–water partition coefficient (Wildman–Crippen LogP) is 2.75. The van der Waals surface area contributed by atoms with Crippen LogP contribution in [0, 0.1) is 17.8 Å². The molecule has 0 aromatic carbocycles. The first-order chi connectivity index (χ1) is 7.93. The van der Waals surface area contributed by atoms with Crippen molar-refractivity contribution < 1.29 is 14.3 Å². The zero-order valence-corrected chi connectivity index (χ0v) is 11.0. The molecule has 0 N–H and O–H groups in total. The Morgan fingerprint density at radius 2 is 1.88 bits per heavy atom. The minimum absolute atomic E-state index is 0.00726. The van der Waals surface area contributed by atoms with Gasteiger partial charge in [-0.1, -0.05) is 26.8 Å². The molecule has 96 valence electrons. The highest BCUT2D eigenvalue weighted by atomic mass is 16.5. The van der Waals surface area contributed by atoms with E-state index in [2.05, 4.69) is 6.58 Å². The van der Waals surface area contributed by atoms with Crippen LogP contribution in [0.25, 0.3) is 0 Å². The molecule has 3 heteroatoms. The van der Waals surface area contributed by atoms with Gasteiger partial charge in [-0.05, 0) is 25.7 Å². The highest BCUT2D eigenvalue weighted by Gasteiger charge is 2.35. The minimum atomic E-state index is -0.336. The number of carbonyl (C=O) groups excluding carboxylic acids is 2. The normalized spacial score (nSPS) is 23.8. The first kappa shape index (κ1) is 13.9. The molecule has 17 heavy (non-hydrogen) atoms. The fraction of sp³-hybridized carbons (Fsp3) is 0.714. The highest BCUT2D eigenvalue weighted by molar-refractivity contribution is 5.90. The van der Waals surface area contributed by atoms with Crippen LogP contribution in [-0.4, -0.2) is 18.4 Å². The van der Waals surface area contributed by atoms with E-state index < -0.39 is 0 Å². The van der Waals surface area contributed by atoms with Crippen molar-refractivity contribution in [2.45, 2.75) is 40.0 Å². The molecule has 0 bridgehead atoms. The molecule has 0 radical (unpaired) electrons. The van der Waals surface area contributed by atoms with E-state index in [4.69, 9.17) is 4.74 Å². The number of hydrogen-bond donors (Lipinski definition) is 0. The molecule has 0 saturated heterocycles. The standard InChI is InChI=1S/C14H22O3/c1-9(2)8-17-14(16)10(3)12-6-5-7-13(12)11(4)15/h9,12-13H,3,5-8H2,1-2,4H3. The minimum Gasteiger partial charge on any atom is -0.462 e. The Bertz CT molecular complexity index is 317. The third-order valence-electron chi connectivity index (χ3n) is 3.30. The summed E-state index contributed by atoms with van der Waals surface area (Å²) in [6.07, 6.45) is 2.74. The Morgan fingerprint density at radius 1 is 1.29 bits per heavy atom. The van der Waals surface area contributed by atoms with Crippen LogP contribution in [0.1, 0.15) is 40.0 Å². The predicted molar refractivity (Wildman–Crippen MR) is 66.4 cm³/mol. The molecule has 1 saturated carbocycles. The molecule has 2 unspecified atom stereocenters. The van der Waals surface area contributed by atoms with Gasteiger partial charge in [0, 0.05) is 17.4 Å². The van der Waals surface area contributed by atoms with Crippen molar-refractivity contribution in [3.05, 3.63) is 12.2 Å². The monoisotopic (exact) mass is 238 g/mol. The van der Waals surface area contributed by atoms with Crippen LogP contribution < -0.4 is 0 Å². The Balaban J connectivity index is 2.57. The summed E-state index contributed by atoms with van der Waals surface area (Å²) in [4.78, 5) is 23.2. The van der Waals surface area contributed by atoms with E-state index >= 15 is 0 Å². The lowest BCUT2D eigenvalue weighted by molar-refractivity contribution is -0.140. The van der Waals surface area contributed by atoms with Crippen molar-refractivity contribution in [2.75, 3.05) is 6.61 Å². The smallest absolute Gasteiger partial charge is 0.333 e. The van der Waals surface area contributed by atoms with Crippen molar-refractivity contribution in [3.8, 4) is 0 Å². The van der Waals surface area contributed by atoms with E-state index in [1.807, 2.05) is 13.8 Å². The average molecular weight is 238 g/mol. The molecule has 0 amide bonds. The van der Waals surface area contributed by atoms with E-state index in [0.717, 1.165) is 19.3 Å². The maximum Gasteiger partial charge on any atom is 0.333 e. The number of rotatable bonds is 5. The quantitative estimate of drug-likeness (QED) is 0.546. The maximum atomic E-state index is 11.8. The summed E-state index contributed by atoms with van der Waals surface area (Å²) < 4.78 is 5.16. The molecule has 1 aliphatic carbocycles. The zero-order valence-electron chi connectivity index (χ0n) is 11.0. The van der Waals surface area contributed by atoms with Crippen molar-refractivity contribution in [3.63, 3.8) is 0 Å². The second-order valence-corrected chi connectivity index (χ2v) is 5.27. The van der Waals surface area contributed by atoms with Gasteiger partial charge in [0.05, 0.1) is 6.61 Å². The lowest BCUT2D eigenvalue weighted by Crippen LogP contribution is -2.23. The lowest BCUT2D eigenvalue weighted by Gasteiger charge is -2.19. The molecular weight excluding hydrogens is 216 g/mol. The average Bonchev–Trinajstić information content (AvgIpc) is 2.73. The topological polar surface area (TPSA) is 43.4 Å². The zero-order chi connectivity index (χ0) is 13.0. The van der Waals surface area contributed by atoms with Crippen LogP contribution in [0.15, 0.2) is 12.2 Å². The Morgan fingerprint density at radius 3 is 2.41 bits per heavy atom. The van der Waals surface area contributed by atoms with Gasteiger partial charge >= 0.3 is 5.97 Å². The highest BCUT2D eigenvalue weighted by Crippen LogP contribution is 2.37. The van der Waals surface area contributed by atoms with E-state index in [1.54, 1.807) is 6.92 Å². The number of Topliss-reactive ketones (excluding diaryl/α,β-unsaturated/α-hetero) is 1. The number of ketones is 1. The SMILES string of the molecule is C=C(C(=O)OCC(C)C)C1CCCC1C(C)=O. The lowest BCUT2D eigenvalue weighted by atomic mass is 9.87. The Kier molecular flexibility index (Phi) is 4.91. The largest absolute Gasteiger partial charge is 0.462 e. The number of hydrogen-bond acceptors (Lipinski definition) is 3. The van der Waals surface area contributed by atoms with Crippen LogP contribution in [-0.2, 0) is 14.3 Å². The van der Waals surface area contributed by atoms with Crippen LogP contribution >= 0.6 is 0 Å². The Labute approximate surface area is 103 Å². The molecular formula is C14H22O3. The third-order valence-corrected chi connectivity index (χ3v) is 3.30. The van der Waals surface area contributed by atoms with Gasteiger partial charge in [-0.25, -0.2) is 4.79 Å². The van der Waals surface area contributed by atoms with E-state index in [1.165, 1.54) is 0 Å². The molecule has 0 aromatic rings. The van der Waals surface area contributed by atoms with Crippen LogP contribution in [0.3, 0.4) is 0 Å². The first-order valence-electron chi connectivity index (χ1n) is 6.29. The third kappa shape index (κ3) is 3.69. The fourth-order valence-electron chi connectivity index (χ4n) is 2.35. The maximum absolute atomic E-state index is 11.8. The van der Waals surface area contributed by atoms with E-state index in [-0.39, 0.29) is 23.6 Å². The molecule has 3 nitrogen and oxygen atoms in total. The summed E-state index contributed by atoms with van der Waals surface area (Å²) in [5.74, 6) is 0.0994. The van der Waals surface area contributed by atoms with Gasteiger partial charge in [-0.15, -0.1) is 0 Å². The molecule has 0 aliphatic heterocycles. The number of esters is 1. The molecule has 0 heterocycles. The van der Waals surface area contributed by atoms with Gasteiger partial charge in [0.1, 0.15) is 5.78 Å². The van der Waals surface area contributed by atoms with Crippen LogP contribution in [0.2, 0.25) is 0 Å². The van der Waals surface area contributed by atoms with Gasteiger partial charge in [-0.3, -0.25) is 4.79 Å². The first-order valence-corrected chi connectivity index (χ1v) is 6.29. The number of carbonyl (C=O) groups is 2. The van der Waals surface area contributed by atoms with E-state index in [9.17, 15) is 9.59 Å². The summed E-state index contributed by atoms with van der Waals surface area (Å²) >= 11 is 0. The second-order valence-electron chi connectivity index (χ2n) is 5.27. The van der Waals surface area contributed by atoms with Gasteiger partial charge in [0.15, 0.2) is 0 Å². The summed E-state index contributed by atoms with van der Waals surface area (Å²) in [5, 5.41) is 0. The summed E-state index contributed by atoms with van der Waals surface area (Å²) in [7, 11) is 0. The molecule has 0 spiro atoms. The van der Waals surface area contributed by atoms with Crippen molar-refractivity contribution >= 4 is 11.8 Å². The number of ether oxygens (including phenoxy) is 1. The van der Waals surface area contributed by atoms with E-state index in [0.29, 0.717) is 18.1 Å². The van der Waals surface area contributed by atoms with Crippen molar-refractivity contribution in [1.82, 2.24) is 0 Å². The van der Waals surface area contributed by atoms with Crippen LogP contribution in [0.4, 0.5) is 0 Å². The molecule has 2 atom stereocenters. The fourth-order valence-corrected chi connectivity index (χ4v) is 2.35. The van der Waals surface area contributed by atoms with Gasteiger partial charge in [0.2, 0.25) is 0 Å². The molecule has 1 fully saturated rings. The van der Waals surface area contributed by atoms with Crippen molar-refractivity contribution in [2.24, 2.45) is 17.8 Å². The second kappa shape index (κ2) is 5.99. The summed E-state index contributed by atoms with van der Waals surface area (Å²) in [6, 6.07) is 0. The van der Waals surface area contributed by atoms with Crippen LogP contribution in [0.5, 0.6) is 0 Å². The summed E-state index contributed by atoms with van der Waals surface area (Å²) in [6.45, 7) is 9.81. The summed E-state index contributed by atoms with van der Waals surface area (Å²) in [5.41, 5.74) is 0.475. The van der Waals surface area contributed by atoms with Gasteiger partial charge < -0.3 is 4.74 Å². The molecule has 1 aliphatic rings. The molecule has 0 aromatic heterocycles. The molecule has 1 rings (SSSR count). The van der Waals surface area contributed by atoms with Gasteiger partial charge in [0.25, 0.3) is 0 Å². The van der Waals surface area contributed by atoms with Gasteiger partial charge in [-0.2, -0.15) is 0 Å².